The van der Waals surface area contributed by atoms with Gasteiger partial charge in [0.2, 0.25) is 0 Å². The highest BCUT2D eigenvalue weighted by Crippen LogP contribution is 2.16. The van der Waals surface area contributed by atoms with Crippen molar-refractivity contribution in [2.24, 2.45) is 0 Å². The van der Waals surface area contributed by atoms with Crippen molar-refractivity contribution >= 4 is 17.4 Å². The Labute approximate surface area is 110 Å². The third-order valence-corrected chi connectivity index (χ3v) is 2.72. The predicted molar refractivity (Wildman–Crippen MR) is 72.5 cm³/mol. The quantitative estimate of drug-likeness (QED) is 0.883. The van der Waals surface area contributed by atoms with Crippen LogP contribution < -0.4 is 10.6 Å². The second kappa shape index (κ2) is 5.19. The number of aromatic nitrogens is 1. The van der Waals surface area contributed by atoms with Crippen LogP contribution in [0.2, 0.25) is 0 Å². The molecule has 5 heteroatoms. The summed E-state index contributed by atoms with van der Waals surface area (Å²) >= 11 is 0. The highest BCUT2D eigenvalue weighted by atomic mass is 16.2. The summed E-state index contributed by atoms with van der Waals surface area (Å²) < 4.78 is 0. The van der Waals surface area contributed by atoms with Gasteiger partial charge in [0.05, 0.1) is 11.6 Å². The van der Waals surface area contributed by atoms with Crippen molar-refractivity contribution in [1.29, 1.82) is 5.26 Å². The van der Waals surface area contributed by atoms with Gasteiger partial charge in [-0.1, -0.05) is 0 Å². The molecule has 0 aliphatic rings. The van der Waals surface area contributed by atoms with Gasteiger partial charge in [0, 0.05) is 24.5 Å². The molecule has 0 aliphatic heterocycles. The normalized spacial score (nSPS) is 9.68. The first kappa shape index (κ1) is 12.6. The van der Waals surface area contributed by atoms with Gasteiger partial charge >= 0.3 is 0 Å². The highest BCUT2D eigenvalue weighted by Gasteiger charge is 2.13. The van der Waals surface area contributed by atoms with E-state index >= 15 is 0 Å². The van der Waals surface area contributed by atoms with Gasteiger partial charge in [0.1, 0.15) is 5.82 Å². The molecule has 0 saturated heterocycles. The summed E-state index contributed by atoms with van der Waals surface area (Å²) in [5.41, 5.74) is 7.29. The average Bonchev–Trinajstić information content (AvgIpc) is 2.46. The van der Waals surface area contributed by atoms with Crippen LogP contribution in [0.25, 0.3) is 0 Å². The second-order valence-electron chi connectivity index (χ2n) is 3.99. The molecule has 1 amide bonds. The van der Waals surface area contributed by atoms with Crippen molar-refractivity contribution in [2.75, 3.05) is 17.7 Å². The number of nitrogens with zero attached hydrogens (tertiary/aromatic N) is 3. The van der Waals surface area contributed by atoms with Crippen molar-refractivity contribution in [1.82, 2.24) is 4.98 Å². The Morgan fingerprint density at radius 2 is 2.00 bits per heavy atom. The summed E-state index contributed by atoms with van der Waals surface area (Å²) in [6, 6.07) is 12.0. The number of carbonyl (C=O) groups excluding carboxylic acids is 1. The molecule has 2 aromatic rings. The lowest BCUT2D eigenvalue weighted by molar-refractivity contribution is 0.0993. The number of rotatable bonds is 2. The van der Waals surface area contributed by atoms with Crippen LogP contribution in [0.1, 0.15) is 15.9 Å². The van der Waals surface area contributed by atoms with Gasteiger partial charge in [-0.15, -0.1) is 0 Å². The summed E-state index contributed by atoms with van der Waals surface area (Å²) in [4.78, 5) is 17.6. The van der Waals surface area contributed by atoms with E-state index in [0.717, 1.165) is 0 Å². The number of hydrogen-bond acceptors (Lipinski definition) is 4. The first-order valence-electron chi connectivity index (χ1n) is 5.61. The zero-order valence-corrected chi connectivity index (χ0v) is 10.4. The topological polar surface area (TPSA) is 83.0 Å². The average molecular weight is 252 g/mol. The molecule has 0 unspecified atom stereocenters. The van der Waals surface area contributed by atoms with E-state index in [1.165, 1.54) is 17.2 Å². The molecule has 19 heavy (non-hydrogen) atoms. The lowest BCUT2D eigenvalue weighted by atomic mass is 10.2. The predicted octanol–water partition coefficient (Wildman–Crippen LogP) is 1.81. The molecule has 0 atom stereocenters. The van der Waals surface area contributed by atoms with Gasteiger partial charge in [-0.25, -0.2) is 4.98 Å². The summed E-state index contributed by atoms with van der Waals surface area (Å²) in [5.74, 6) is 0.123. The zero-order valence-electron chi connectivity index (χ0n) is 10.4. The van der Waals surface area contributed by atoms with Crippen LogP contribution in [-0.4, -0.2) is 17.9 Å². The maximum absolute atomic E-state index is 12.2. The minimum absolute atomic E-state index is 0.182. The Hall–Kier alpha value is -2.87. The van der Waals surface area contributed by atoms with Gasteiger partial charge in [0.15, 0.2) is 0 Å². The zero-order chi connectivity index (χ0) is 13.8. The molecule has 2 rings (SSSR count). The monoisotopic (exact) mass is 252 g/mol. The Kier molecular flexibility index (Phi) is 3.44. The van der Waals surface area contributed by atoms with E-state index in [9.17, 15) is 4.79 Å². The number of anilines is 2. The van der Waals surface area contributed by atoms with Gasteiger partial charge in [-0.05, 0) is 36.4 Å². The summed E-state index contributed by atoms with van der Waals surface area (Å²) in [5, 5.41) is 8.73. The molecule has 0 saturated carbocycles. The number of amides is 1. The number of nitrogen functional groups attached to an aromatic ring is 1. The smallest absolute Gasteiger partial charge is 0.258 e. The lowest BCUT2D eigenvalue weighted by Gasteiger charge is -2.17. The number of hydrogen-bond donors (Lipinski definition) is 1. The first-order chi connectivity index (χ1) is 9.11. The largest absolute Gasteiger partial charge is 0.384 e. The van der Waals surface area contributed by atoms with E-state index < -0.39 is 0 Å². The molecule has 0 bridgehead atoms. The Morgan fingerprint density at radius 3 is 2.58 bits per heavy atom. The van der Waals surface area contributed by atoms with Crippen LogP contribution in [0.4, 0.5) is 11.5 Å². The Balaban J connectivity index is 2.26. The lowest BCUT2D eigenvalue weighted by Crippen LogP contribution is -2.26. The van der Waals surface area contributed by atoms with Gasteiger partial charge < -0.3 is 10.6 Å². The van der Waals surface area contributed by atoms with E-state index in [2.05, 4.69) is 4.98 Å². The fourth-order valence-electron chi connectivity index (χ4n) is 1.65. The molecule has 1 aromatic heterocycles. The minimum Gasteiger partial charge on any atom is -0.384 e. The van der Waals surface area contributed by atoms with Gasteiger partial charge in [-0.3, -0.25) is 4.79 Å². The van der Waals surface area contributed by atoms with Crippen LogP contribution >= 0.6 is 0 Å². The fraction of sp³-hybridized carbons (Fsp3) is 0.0714. The van der Waals surface area contributed by atoms with Crippen LogP contribution in [0.3, 0.4) is 0 Å². The third kappa shape index (κ3) is 2.69. The fourth-order valence-corrected chi connectivity index (χ4v) is 1.65. The summed E-state index contributed by atoms with van der Waals surface area (Å²) in [6.07, 6.45) is 1.50. The molecular weight excluding hydrogens is 240 g/mol. The van der Waals surface area contributed by atoms with Crippen molar-refractivity contribution in [2.45, 2.75) is 0 Å². The summed E-state index contributed by atoms with van der Waals surface area (Å²) in [6.45, 7) is 0. The van der Waals surface area contributed by atoms with Crippen molar-refractivity contribution < 1.29 is 4.79 Å². The molecule has 5 nitrogen and oxygen atoms in total. The van der Waals surface area contributed by atoms with Crippen molar-refractivity contribution in [3.05, 3.63) is 53.7 Å². The van der Waals surface area contributed by atoms with Crippen LogP contribution in [0.15, 0.2) is 42.6 Å². The third-order valence-electron chi connectivity index (χ3n) is 2.72. The molecule has 0 spiro atoms. The highest BCUT2D eigenvalue weighted by molar-refractivity contribution is 6.06. The first-order valence-corrected chi connectivity index (χ1v) is 5.61. The molecule has 0 aliphatic carbocycles. The SMILES string of the molecule is CN(C(=O)c1ccnc(N)c1)c1ccc(C#N)cc1. The Bertz CT molecular complexity index is 643. The van der Waals surface area contributed by atoms with Crippen LogP contribution in [0, 0.1) is 11.3 Å². The molecule has 2 N–H and O–H groups in total. The number of carbonyl (C=O) groups is 1. The number of nitrogens with two attached hydrogens (primary N) is 1. The number of pyridine rings is 1. The standard InChI is InChI=1S/C14H12N4O/c1-18(12-4-2-10(9-15)3-5-12)14(19)11-6-7-17-13(16)8-11/h2-8H,1H3,(H2,16,17). The molecular formula is C14H12N4O. The molecule has 0 radical (unpaired) electrons. The van der Waals surface area contributed by atoms with Crippen molar-refractivity contribution in [3.8, 4) is 6.07 Å². The van der Waals surface area contributed by atoms with Gasteiger partial charge in [0.25, 0.3) is 5.91 Å². The van der Waals surface area contributed by atoms with Crippen LogP contribution in [-0.2, 0) is 0 Å². The molecule has 94 valence electrons. The van der Waals surface area contributed by atoms with E-state index in [1.54, 1.807) is 37.4 Å². The van der Waals surface area contributed by atoms with E-state index in [1.807, 2.05) is 6.07 Å². The van der Waals surface area contributed by atoms with E-state index in [0.29, 0.717) is 22.6 Å². The maximum atomic E-state index is 12.2. The van der Waals surface area contributed by atoms with E-state index in [4.69, 9.17) is 11.0 Å². The maximum Gasteiger partial charge on any atom is 0.258 e. The second-order valence-corrected chi connectivity index (χ2v) is 3.99. The molecule has 1 heterocycles. The Morgan fingerprint density at radius 1 is 1.32 bits per heavy atom. The molecule has 1 aromatic carbocycles. The summed E-state index contributed by atoms with van der Waals surface area (Å²) in [7, 11) is 1.67. The molecule has 0 fully saturated rings. The van der Waals surface area contributed by atoms with E-state index in [-0.39, 0.29) is 5.91 Å². The minimum atomic E-state index is -0.182. The van der Waals surface area contributed by atoms with Gasteiger partial charge in [-0.2, -0.15) is 5.26 Å². The van der Waals surface area contributed by atoms with Crippen LogP contribution in [0.5, 0.6) is 0 Å². The number of benzene rings is 1. The van der Waals surface area contributed by atoms with Crippen molar-refractivity contribution in [3.63, 3.8) is 0 Å². The number of nitriles is 1.